The summed E-state index contributed by atoms with van der Waals surface area (Å²) < 4.78 is 5.22. The third-order valence-electron chi connectivity index (χ3n) is 3.54. The van der Waals surface area contributed by atoms with E-state index in [0.29, 0.717) is 27.1 Å². The van der Waals surface area contributed by atoms with Gasteiger partial charge in [0.2, 0.25) is 0 Å². The monoisotopic (exact) mass is 388 g/mol. The van der Waals surface area contributed by atoms with Crippen LogP contribution in [0.1, 0.15) is 16.1 Å². The second kappa shape index (κ2) is 8.03. The van der Waals surface area contributed by atoms with E-state index >= 15 is 0 Å². The number of amides is 1. The minimum atomic E-state index is -0.431. The predicted molar refractivity (Wildman–Crippen MR) is 102 cm³/mol. The summed E-state index contributed by atoms with van der Waals surface area (Å²) in [5, 5.41) is 11.7. The number of hydrogen-bond donors (Lipinski definition) is 2. The summed E-state index contributed by atoms with van der Waals surface area (Å²) in [6.45, 7) is 0. The lowest BCUT2D eigenvalue weighted by Gasteiger charge is -2.02. The molecule has 0 unspecified atom stereocenters. The van der Waals surface area contributed by atoms with Gasteiger partial charge in [0.15, 0.2) is 0 Å². The van der Waals surface area contributed by atoms with Crippen molar-refractivity contribution in [3.63, 3.8) is 0 Å². The van der Waals surface area contributed by atoms with Crippen LogP contribution in [-0.4, -0.2) is 29.4 Å². The van der Waals surface area contributed by atoms with Gasteiger partial charge in [0.1, 0.15) is 11.4 Å². The number of rotatable bonds is 5. The van der Waals surface area contributed by atoms with Crippen molar-refractivity contribution in [2.45, 2.75) is 0 Å². The zero-order chi connectivity index (χ0) is 18.5. The molecule has 6 nitrogen and oxygen atoms in total. The average Bonchev–Trinajstić information content (AvgIpc) is 3.12. The van der Waals surface area contributed by atoms with Crippen LogP contribution in [0, 0.1) is 0 Å². The van der Waals surface area contributed by atoms with Crippen LogP contribution in [0.2, 0.25) is 10.0 Å². The quantitative estimate of drug-likeness (QED) is 0.508. The fourth-order valence-corrected chi connectivity index (χ4v) is 2.77. The number of hydrazone groups is 1. The smallest absolute Gasteiger partial charge is 0.289 e. The Balaban J connectivity index is 1.71. The van der Waals surface area contributed by atoms with Crippen molar-refractivity contribution in [1.29, 1.82) is 0 Å². The first-order chi connectivity index (χ1) is 12.6. The number of benzene rings is 2. The van der Waals surface area contributed by atoms with Crippen molar-refractivity contribution in [2.75, 3.05) is 7.11 Å². The van der Waals surface area contributed by atoms with Gasteiger partial charge in [-0.2, -0.15) is 10.2 Å². The number of nitrogens with zero attached hydrogens (tertiary/aromatic N) is 2. The van der Waals surface area contributed by atoms with Crippen LogP contribution in [0.3, 0.4) is 0 Å². The van der Waals surface area contributed by atoms with Gasteiger partial charge in [-0.05, 0) is 36.4 Å². The normalized spacial score (nSPS) is 10.9. The van der Waals surface area contributed by atoms with E-state index in [-0.39, 0.29) is 5.69 Å². The Morgan fingerprint density at radius 2 is 2.04 bits per heavy atom. The standard InChI is InChI=1S/C18H14Cl2N4O2/c1-26-17-5-3-2-4-11(17)10-21-24-18(25)16-9-15(22-23-16)13-7-6-12(19)8-14(13)20/h2-10H,1H3,(H,22,23)(H,24,25)/b21-10-. The number of halogens is 2. The Morgan fingerprint density at radius 1 is 1.23 bits per heavy atom. The zero-order valence-corrected chi connectivity index (χ0v) is 15.2. The molecular formula is C18H14Cl2N4O2. The molecule has 0 aliphatic carbocycles. The largest absolute Gasteiger partial charge is 0.496 e. The van der Waals surface area contributed by atoms with E-state index in [1.807, 2.05) is 18.2 Å². The molecule has 0 saturated heterocycles. The van der Waals surface area contributed by atoms with Crippen LogP contribution in [0.25, 0.3) is 11.3 Å². The maximum absolute atomic E-state index is 12.2. The average molecular weight is 389 g/mol. The highest BCUT2D eigenvalue weighted by Crippen LogP contribution is 2.29. The molecule has 3 rings (SSSR count). The first-order valence-electron chi connectivity index (χ1n) is 7.55. The lowest BCUT2D eigenvalue weighted by molar-refractivity contribution is 0.0950. The Hall–Kier alpha value is -2.83. The maximum atomic E-state index is 12.2. The predicted octanol–water partition coefficient (Wildman–Crippen LogP) is 4.16. The van der Waals surface area contributed by atoms with E-state index in [2.05, 4.69) is 20.7 Å². The zero-order valence-electron chi connectivity index (χ0n) is 13.7. The molecule has 2 N–H and O–H groups in total. The second-order valence-corrected chi connectivity index (χ2v) is 6.08. The maximum Gasteiger partial charge on any atom is 0.289 e. The van der Waals surface area contributed by atoms with Crippen LogP contribution in [0.15, 0.2) is 53.6 Å². The summed E-state index contributed by atoms with van der Waals surface area (Å²) in [6.07, 6.45) is 1.50. The van der Waals surface area contributed by atoms with Crippen LogP contribution in [-0.2, 0) is 0 Å². The molecule has 8 heteroatoms. The molecule has 0 fully saturated rings. The first-order valence-corrected chi connectivity index (χ1v) is 8.31. The Labute approximate surface area is 159 Å². The third kappa shape index (κ3) is 4.04. The molecule has 1 heterocycles. The lowest BCUT2D eigenvalue weighted by Crippen LogP contribution is -2.18. The van der Waals surface area contributed by atoms with Crippen LogP contribution in [0.5, 0.6) is 5.75 Å². The van der Waals surface area contributed by atoms with E-state index in [9.17, 15) is 4.79 Å². The molecule has 0 atom stereocenters. The van der Waals surface area contributed by atoms with Gasteiger partial charge in [-0.15, -0.1) is 0 Å². The van der Waals surface area contributed by atoms with Gasteiger partial charge in [0, 0.05) is 16.1 Å². The highest BCUT2D eigenvalue weighted by molar-refractivity contribution is 6.36. The topological polar surface area (TPSA) is 79.4 Å². The van der Waals surface area contributed by atoms with Gasteiger partial charge in [0.25, 0.3) is 5.91 Å². The summed E-state index contributed by atoms with van der Waals surface area (Å²) in [5.74, 6) is 0.228. The summed E-state index contributed by atoms with van der Waals surface area (Å²) in [4.78, 5) is 12.2. The van der Waals surface area contributed by atoms with Crippen molar-refractivity contribution in [3.8, 4) is 17.0 Å². The molecule has 0 spiro atoms. The van der Waals surface area contributed by atoms with Crippen LogP contribution >= 0.6 is 23.2 Å². The van der Waals surface area contributed by atoms with Crippen molar-refractivity contribution in [3.05, 3.63) is 69.8 Å². The van der Waals surface area contributed by atoms with Gasteiger partial charge in [-0.3, -0.25) is 9.89 Å². The molecule has 26 heavy (non-hydrogen) atoms. The third-order valence-corrected chi connectivity index (χ3v) is 4.09. The Kier molecular flexibility index (Phi) is 5.55. The van der Waals surface area contributed by atoms with E-state index in [4.69, 9.17) is 27.9 Å². The van der Waals surface area contributed by atoms with E-state index in [1.165, 1.54) is 6.21 Å². The fourth-order valence-electron chi connectivity index (χ4n) is 2.27. The number of para-hydroxylation sites is 1. The molecule has 0 aliphatic rings. The fraction of sp³-hybridized carbons (Fsp3) is 0.0556. The summed E-state index contributed by atoms with van der Waals surface area (Å²) in [6, 6.07) is 14.0. The van der Waals surface area contributed by atoms with E-state index in [1.54, 1.807) is 37.4 Å². The number of carbonyl (C=O) groups excluding carboxylic acids is 1. The SMILES string of the molecule is COc1ccccc1/C=N\NC(=O)c1cc(-c2ccc(Cl)cc2Cl)n[nH]1. The van der Waals surface area contributed by atoms with E-state index < -0.39 is 5.91 Å². The molecule has 0 saturated carbocycles. The number of H-pyrrole nitrogens is 1. The molecule has 0 aliphatic heterocycles. The van der Waals surface area contributed by atoms with Gasteiger partial charge in [0.05, 0.1) is 24.0 Å². The molecule has 0 bridgehead atoms. The minimum absolute atomic E-state index is 0.253. The summed E-state index contributed by atoms with van der Waals surface area (Å²) in [5.41, 5.74) is 4.64. The molecule has 132 valence electrons. The minimum Gasteiger partial charge on any atom is -0.496 e. The molecule has 0 radical (unpaired) electrons. The number of aromatic amines is 1. The second-order valence-electron chi connectivity index (χ2n) is 5.23. The summed E-state index contributed by atoms with van der Waals surface area (Å²) >= 11 is 12.0. The van der Waals surface area contributed by atoms with Crippen LogP contribution in [0.4, 0.5) is 0 Å². The van der Waals surface area contributed by atoms with E-state index in [0.717, 1.165) is 5.56 Å². The van der Waals surface area contributed by atoms with Gasteiger partial charge in [-0.1, -0.05) is 35.3 Å². The Bertz CT molecular complexity index is 969. The first kappa shape index (κ1) is 18.0. The highest BCUT2D eigenvalue weighted by Gasteiger charge is 2.12. The number of nitrogens with one attached hydrogen (secondary N) is 2. The highest BCUT2D eigenvalue weighted by atomic mass is 35.5. The molecule has 3 aromatic rings. The summed E-state index contributed by atoms with van der Waals surface area (Å²) in [7, 11) is 1.57. The van der Waals surface area contributed by atoms with Crippen molar-refractivity contribution >= 4 is 35.3 Å². The number of hydrogen-bond acceptors (Lipinski definition) is 4. The number of aromatic nitrogens is 2. The van der Waals surface area contributed by atoms with Gasteiger partial charge in [-0.25, -0.2) is 5.43 Å². The molecule has 1 amide bonds. The Morgan fingerprint density at radius 3 is 2.81 bits per heavy atom. The van der Waals surface area contributed by atoms with Crippen molar-refractivity contribution in [1.82, 2.24) is 15.6 Å². The number of methoxy groups -OCH3 is 1. The molecule has 1 aromatic heterocycles. The van der Waals surface area contributed by atoms with Crippen molar-refractivity contribution in [2.24, 2.45) is 5.10 Å². The lowest BCUT2D eigenvalue weighted by atomic mass is 10.1. The number of ether oxygens (including phenoxy) is 1. The van der Waals surface area contributed by atoms with Crippen molar-refractivity contribution < 1.29 is 9.53 Å². The number of carbonyl (C=O) groups is 1. The van der Waals surface area contributed by atoms with Gasteiger partial charge < -0.3 is 4.74 Å². The molecule has 2 aromatic carbocycles. The van der Waals surface area contributed by atoms with Gasteiger partial charge >= 0.3 is 0 Å². The van der Waals surface area contributed by atoms with Crippen LogP contribution < -0.4 is 10.2 Å². The molecular weight excluding hydrogens is 375 g/mol.